The Bertz CT molecular complexity index is 1060. The summed E-state index contributed by atoms with van der Waals surface area (Å²) in [4.78, 5) is 30.0. The van der Waals surface area contributed by atoms with Gasteiger partial charge in [-0.05, 0) is 68.6 Å². The first-order valence-electron chi connectivity index (χ1n) is 13.1. The fraction of sp³-hybridized carbons (Fsp3) is 0.533. The van der Waals surface area contributed by atoms with Crippen molar-refractivity contribution in [3.63, 3.8) is 0 Å². The smallest absolute Gasteiger partial charge is 0.308 e. The van der Waals surface area contributed by atoms with Crippen molar-refractivity contribution >= 4 is 11.9 Å². The highest BCUT2D eigenvalue weighted by atomic mass is 16.5. The van der Waals surface area contributed by atoms with E-state index in [1.807, 2.05) is 48.5 Å². The Morgan fingerprint density at radius 1 is 1.14 bits per heavy atom. The van der Waals surface area contributed by atoms with Crippen molar-refractivity contribution in [1.82, 2.24) is 9.80 Å². The highest BCUT2D eigenvalue weighted by Crippen LogP contribution is 2.51. The van der Waals surface area contributed by atoms with E-state index >= 15 is 0 Å². The maximum absolute atomic E-state index is 13.8. The fourth-order valence-electron chi connectivity index (χ4n) is 6.39. The number of fused-ring (bicyclic) bond motifs is 1. The third-order valence-electron chi connectivity index (χ3n) is 7.97. The van der Waals surface area contributed by atoms with Gasteiger partial charge >= 0.3 is 5.97 Å². The fourth-order valence-corrected chi connectivity index (χ4v) is 6.39. The number of piperidine rings is 1. The first-order chi connectivity index (χ1) is 17.2. The summed E-state index contributed by atoms with van der Waals surface area (Å²) in [7, 11) is 3.97. The minimum atomic E-state index is -0.322. The third-order valence-corrected chi connectivity index (χ3v) is 7.97. The molecule has 2 aliphatic rings. The normalized spacial score (nSPS) is 26.3. The molecule has 0 spiro atoms. The minimum Gasteiger partial charge on any atom is -0.427 e. The molecule has 1 amide bonds. The van der Waals surface area contributed by atoms with Crippen molar-refractivity contribution in [1.29, 1.82) is 0 Å². The average Bonchev–Trinajstić information content (AvgIpc) is 2.86. The summed E-state index contributed by atoms with van der Waals surface area (Å²) in [6.45, 7) is 8.36. The zero-order valence-electron chi connectivity index (χ0n) is 22.3. The Morgan fingerprint density at radius 2 is 1.89 bits per heavy atom. The molecule has 0 bridgehead atoms. The molecule has 2 aromatic carbocycles. The second kappa shape index (κ2) is 11.1. The van der Waals surface area contributed by atoms with E-state index in [0.29, 0.717) is 18.2 Å². The van der Waals surface area contributed by atoms with Gasteiger partial charge in [0.05, 0.1) is 6.10 Å². The molecule has 36 heavy (non-hydrogen) atoms. The van der Waals surface area contributed by atoms with Crippen molar-refractivity contribution in [2.45, 2.75) is 57.6 Å². The highest BCUT2D eigenvalue weighted by molar-refractivity contribution is 5.94. The van der Waals surface area contributed by atoms with Crippen LogP contribution in [0.5, 0.6) is 5.75 Å². The summed E-state index contributed by atoms with van der Waals surface area (Å²) >= 11 is 0. The largest absolute Gasteiger partial charge is 0.427 e. The topological polar surface area (TPSA) is 59.1 Å². The van der Waals surface area contributed by atoms with Crippen LogP contribution in [0.15, 0.2) is 54.6 Å². The lowest BCUT2D eigenvalue weighted by molar-refractivity contribution is -0.131. The maximum Gasteiger partial charge on any atom is 0.308 e. The predicted octanol–water partition coefficient (Wildman–Crippen LogP) is 4.78. The van der Waals surface area contributed by atoms with Crippen LogP contribution in [0.25, 0.3) is 0 Å². The standard InChI is InChI=1S/C30H40N2O4/c1-21(2)19-32(29(34)23-10-7-6-8-11-23)25-17-28(35-5)27-20-31(4)15-14-30(27,18-25)24-12-9-13-26(16-24)36-22(3)33/h6-13,16,21,25,27-28H,14-15,17-20H2,1-5H3/t25-,27?,28?,30?/m0/s1. The Kier molecular flexibility index (Phi) is 8.16. The molecular formula is C30H40N2O4. The molecule has 1 aliphatic heterocycles. The number of likely N-dealkylation sites (tertiary alicyclic amines) is 1. The summed E-state index contributed by atoms with van der Waals surface area (Å²) in [5.74, 6) is 0.953. The molecule has 6 nitrogen and oxygen atoms in total. The molecule has 0 aromatic heterocycles. The first kappa shape index (κ1) is 26.4. The van der Waals surface area contributed by atoms with Gasteiger partial charge in [0.15, 0.2) is 0 Å². The SMILES string of the molecule is COC1C[C@H](N(CC(C)C)C(=O)c2ccccc2)CC2(c3cccc(OC(C)=O)c3)CCN(C)CC12. The highest BCUT2D eigenvalue weighted by Gasteiger charge is 2.53. The number of benzene rings is 2. The van der Waals surface area contributed by atoms with E-state index in [-0.39, 0.29) is 35.4 Å². The van der Waals surface area contributed by atoms with Gasteiger partial charge in [-0.3, -0.25) is 9.59 Å². The van der Waals surface area contributed by atoms with E-state index in [1.165, 1.54) is 12.5 Å². The Morgan fingerprint density at radius 3 is 2.56 bits per heavy atom. The Hall–Kier alpha value is -2.70. The molecule has 3 unspecified atom stereocenters. The van der Waals surface area contributed by atoms with Crippen molar-refractivity contribution < 1.29 is 19.1 Å². The number of hydrogen-bond acceptors (Lipinski definition) is 5. The van der Waals surface area contributed by atoms with E-state index in [2.05, 4.69) is 36.8 Å². The Labute approximate surface area is 215 Å². The van der Waals surface area contributed by atoms with E-state index in [1.54, 1.807) is 7.11 Å². The number of esters is 1. The second-order valence-electron chi connectivity index (χ2n) is 11.0. The first-order valence-corrected chi connectivity index (χ1v) is 13.1. The lowest BCUT2D eigenvalue weighted by atomic mass is 9.56. The quantitative estimate of drug-likeness (QED) is 0.411. The molecule has 1 aliphatic carbocycles. The summed E-state index contributed by atoms with van der Waals surface area (Å²) in [5.41, 5.74) is 1.71. The summed E-state index contributed by atoms with van der Waals surface area (Å²) in [5, 5.41) is 0. The van der Waals surface area contributed by atoms with Crippen molar-refractivity contribution in [3.8, 4) is 5.75 Å². The molecule has 1 saturated heterocycles. The molecule has 6 heteroatoms. The van der Waals surface area contributed by atoms with Gasteiger partial charge in [-0.25, -0.2) is 0 Å². The zero-order valence-corrected chi connectivity index (χ0v) is 22.3. The summed E-state index contributed by atoms with van der Waals surface area (Å²) < 4.78 is 11.6. The van der Waals surface area contributed by atoms with Crippen LogP contribution in [-0.4, -0.2) is 67.6 Å². The molecule has 1 heterocycles. The molecule has 0 radical (unpaired) electrons. The van der Waals surface area contributed by atoms with Crippen LogP contribution in [0.4, 0.5) is 0 Å². The van der Waals surface area contributed by atoms with Gasteiger partial charge in [0.2, 0.25) is 0 Å². The van der Waals surface area contributed by atoms with Crippen molar-refractivity contribution in [3.05, 3.63) is 65.7 Å². The van der Waals surface area contributed by atoms with Crippen LogP contribution < -0.4 is 4.74 Å². The van der Waals surface area contributed by atoms with E-state index in [9.17, 15) is 9.59 Å². The van der Waals surface area contributed by atoms with Gasteiger partial charge in [-0.2, -0.15) is 0 Å². The molecule has 4 rings (SSSR count). The lowest BCUT2D eigenvalue weighted by Gasteiger charge is -2.56. The van der Waals surface area contributed by atoms with Gasteiger partial charge in [-0.1, -0.05) is 44.2 Å². The van der Waals surface area contributed by atoms with E-state index in [0.717, 1.165) is 37.9 Å². The van der Waals surface area contributed by atoms with Crippen LogP contribution in [0.1, 0.15) is 56.0 Å². The number of hydrogen-bond donors (Lipinski definition) is 0. The van der Waals surface area contributed by atoms with Gasteiger partial charge in [0, 0.05) is 50.1 Å². The number of methoxy groups -OCH3 is 1. The number of carbonyl (C=O) groups excluding carboxylic acids is 2. The molecule has 194 valence electrons. The molecule has 2 fully saturated rings. The summed E-state index contributed by atoms with van der Waals surface area (Å²) in [6.07, 6.45) is 2.65. The zero-order chi connectivity index (χ0) is 25.9. The molecule has 2 aromatic rings. The van der Waals surface area contributed by atoms with Crippen LogP contribution in [0, 0.1) is 11.8 Å². The lowest BCUT2D eigenvalue weighted by Crippen LogP contribution is -2.61. The summed E-state index contributed by atoms with van der Waals surface area (Å²) in [6, 6.07) is 17.6. The molecule has 0 N–H and O–H groups in total. The van der Waals surface area contributed by atoms with E-state index in [4.69, 9.17) is 9.47 Å². The van der Waals surface area contributed by atoms with Gasteiger partial charge < -0.3 is 19.3 Å². The third kappa shape index (κ3) is 5.50. The van der Waals surface area contributed by atoms with Gasteiger partial charge in [0.1, 0.15) is 5.75 Å². The second-order valence-corrected chi connectivity index (χ2v) is 11.0. The number of nitrogens with zero attached hydrogens (tertiary/aromatic N) is 2. The molecule has 1 saturated carbocycles. The monoisotopic (exact) mass is 492 g/mol. The average molecular weight is 493 g/mol. The van der Waals surface area contributed by atoms with Crippen LogP contribution in [-0.2, 0) is 14.9 Å². The van der Waals surface area contributed by atoms with Crippen LogP contribution in [0.2, 0.25) is 0 Å². The number of rotatable bonds is 7. The van der Waals surface area contributed by atoms with Gasteiger partial charge in [0.25, 0.3) is 5.91 Å². The van der Waals surface area contributed by atoms with Crippen molar-refractivity contribution in [2.24, 2.45) is 11.8 Å². The number of ether oxygens (including phenoxy) is 2. The van der Waals surface area contributed by atoms with Crippen molar-refractivity contribution in [2.75, 3.05) is 33.8 Å². The van der Waals surface area contributed by atoms with Crippen LogP contribution >= 0.6 is 0 Å². The number of amides is 1. The van der Waals surface area contributed by atoms with Gasteiger partial charge in [-0.15, -0.1) is 0 Å². The molecule has 4 atom stereocenters. The van der Waals surface area contributed by atoms with Crippen LogP contribution in [0.3, 0.4) is 0 Å². The van der Waals surface area contributed by atoms with E-state index < -0.39 is 0 Å². The molecular weight excluding hydrogens is 452 g/mol. The minimum absolute atomic E-state index is 0.0158. The maximum atomic E-state index is 13.8. The Balaban J connectivity index is 1.77. The number of carbonyl (C=O) groups is 2. The predicted molar refractivity (Wildman–Crippen MR) is 141 cm³/mol.